The number of carbonyl (C=O) groups excluding carboxylic acids is 1. The van der Waals surface area contributed by atoms with Gasteiger partial charge >= 0.3 is 0 Å². The van der Waals surface area contributed by atoms with E-state index in [4.69, 9.17) is 9.47 Å². The Balaban J connectivity index is 1.97. The summed E-state index contributed by atoms with van der Waals surface area (Å²) in [5.74, 6) is 1.03. The van der Waals surface area contributed by atoms with Crippen molar-refractivity contribution in [1.29, 1.82) is 0 Å². The van der Waals surface area contributed by atoms with Crippen LogP contribution in [0, 0.1) is 5.82 Å². The zero-order valence-electron chi connectivity index (χ0n) is 14.1. The van der Waals surface area contributed by atoms with Crippen LogP contribution >= 0.6 is 0 Å². The summed E-state index contributed by atoms with van der Waals surface area (Å²) < 4.78 is 23.6. The second-order valence-corrected chi connectivity index (χ2v) is 5.48. The number of amides is 1. The first kappa shape index (κ1) is 17.8. The monoisotopic (exact) mass is 331 g/mol. The second-order valence-electron chi connectivity index (χ2n) is 5.48. The first-order valence-corrected chi connectivity index (χ1v) is 7.80. The van der Waals surface area contributed by atoms with Crippen LogP contribution in [0.5, 0.6) is 11.5 Å². The Hall–Kier alpha value is -2.56. The first-order chi connectivity index (χ1) is 11.5. The number of halogens is 1. The molecule has 0 spiro atoms. The Morgan fingerprint density at radius 2 is 1.67 bits per heavy atom. The molecule has 24 heavy (non-hydrogen) atoms. The minimum atomic E-state index is -0.291. The van der Waals surface area contributed by atoms with E-state index in [1.807, 2.05) is 25.1 Å². The molecule has 0 radical (unpaired) electrons. The zero-order chi connectivity index (χ0) is 17.5. The van der Waals surface area contributed by atoms with Gasteiger partial charge in [0.05, 0.1) is 20.3 Å². The molecular weight excluding hydrogens is 309 g/mol. The molecule has 0 bridgehead atoms. The fraction of sp³-hybridized carbons (Fsp3) is 0.316. The number of methoxy groups -OCH3 is 2. The number of nitrogens with one attached hydrogen (secondary N) is 1. The Bertz CT molecular complexity index is 663. The lowest BCUT2D eigenvalue weighted by Crippen LogP contribution is -2.26. The first-order valence-electron chi connectivity index (χ1n) is 7.80. The second kappa shape index (κ2) is 8.34. The molecule has 2 aromatic rings. The Morgan fingerprint density at radius 1 is 1.08 bits per heavy atom. The van der Waals surface area contributed by atoms with Gasteiger partial charge in [0.2, 0.25) is 5.91 Å². The quantitative estimate of drug-likeness (QED) is 0.842. The smallest absolute Gasteiger partial charge is 0.220 e. The molecule has 5 heteroatoms. The SMILES string of the molecule is COc1cccc(OC)c1CCC(=O)NC(C)c1ccc(F)cc1. The number of hydrogen-bond acceptors (Lipinski definition) is 3. The number of carbonyl (C=O) groups is 1. The molecule has 1 amide bonds. The van der Waals surface area contributed by atoms with Gasteiger partial charge in [-0.15, -0.1) is 0 Å². The highest BCUT2D eigenvalue weighted by Crippen LogP contribution is 2.29. The minimum Gasteiger partial charge on any atom is -0.496 e. The van der Waals surface area contributed by atoms with E-state index in [1.165, 1.54) is 12.1 Å². The molecular formula is C19H22FNO3. The van der Waals surface area contributed by atoms with Crippen LogP contribution in [0.3, 0.4) is 0 Å². The maximum atomic E-state index is 13.0. The third-order valence-corrected chi connectivity index (χ3v) is 3.88. The van der Waals surface area contributed by atoms with Crippen LogP contribution in [0.15, 0.2) is 42.5 Å². The summed E-state index contributed by atoms with van der Waals surface area (Å²) in [6, 6.07) is 11.5. The third-order valence-electron chi connectivity index (χ3n) is 3.88. The number of benzene rings is 2. The summed E-state index contributed by atoms with van der Waals surface area (Å²) in [6.45, 7) is 1.87. The van der Waals surface area contributed by atoms with Crippen LogP contribution < -0.4 is 14.8 Å². The molecule has 0 aliphatic heterocycles. The van der Waals surface area contributed by atoms with Crippen molar-refractivity contribution in [1.82, 2.24) is 5.32 Å². The molecule has 0 saturated heterocycles. The van der Waals surface area contributed by atoms with Gasteiger partial charge < -0.3 is 14.8 Å². The van der Waals surface area contributed by atoms with Crippen LogP contribution in [0.25, 0.3) is 0 Å². The highest BCUT2D eigenvalue weighted by Gasteiger charge is 2.14. The lowest BCUT2D eigenvalue weighted by atomic mass is 10.1. The fourth-order valence-electron chi connectivity index (χ4n) is 2.56. The number of ether oxygens (including phenoxy) is 2. The normalized spacial score (nSPS) is 11.7. The third kappa shape index (κ3) is 4.47. The maximum Gasteiger partial charge on any atom is 0.220 e. The molecule has 1 atom stereocenters. The van der Waals surface area contributed by atoms with Crippen LogP contribution in [0.4, 0.5) is 4.39 Å². The Kier molecular flexibility index (Phi) is 6.18. The molecule has 1 N–H and O–H groups in total. The van der Waals surface area contributed by atoms with Crippen molar-refractivity contribution in [3.63, 3.8) is 0 Å². The molecule has 0 aromatic heterocycles. The predicted octanol–water partition coefficient (Wildman–Crippen LogP) is 3.65. The summed E-state index contributed by atoms with van der Waals surface area (Å²) in [4.78, 5) is 12.2. The molecule has 0 aliphatic carbocycles. The van der Waals surface area contributed by atoms with Crippen molar-refractivity contribution >= 4 is 5.91 Å². The van der Waals surface area contributed by atoms with Gasteiger partial charge in [-0.25, -0.2) is 4.39 Å². The maximum absolute atomic E-state index is 13.0. The molecule has 128 valence electrons. The standard InChI is InChI=1S/C19H22FNO3/c1-13(14-7-9-15(20)10-8-14)21-19(22)12-11-16-17(23-2)5-4-6-18(16)24-3/h4-10,13H,11-12H2,1-3H3,(H,21,22). The predicted molar refractivity (Wildman–Crippen MR) is 90.8 cm³/mol. The summed E-state index contributed by atoms with van der Waals surface area (Å²) in [5.41, 5.74) is 1.73. The van der Waals surface area contributed by atoms with E-state index >= 15 is 0 Å². The van der Waals surface area contributed by atoms with Crippen molar-refractivity contribution in [3.8, 4) is 11.5 Å². The molecule has 0 aliphatic rings. The highest BCUT2D eigenvalue weighted by atomic mass is 19.1. The topological polar surface area (TPSA) is 47.6 Å². The van der Waals surface area contributed by atoms with E-state index < -0.39 is 0 Å². The molecule has 1 unspecified atom stereocenters. The van der Waals surface area contributed by atoms with Gasteiger partial charge in [-0.2, -0.15) is 0 Å². The number of hydrogen-bond donors (Lipinski definition) is 1. The van der Waals surface area contributed by atoms with Crippen molar-refractivity contribution in [3.05, 3.63) is 59.4 Å². The Labute approximate surface area is 141 Å². The van der Waals surface area contributed by atoms with E-state index in [9.17, 15) is 9.18 Å². The minimum absolute atomic E-state index is 0.0835. The lowest BCUT2D eigenvalue weighted by Gasteiger charge is -2.16. The summed E-state index contributed by atoms with van der Waals surface area (Å²) >= 11 is 0. The van der Waals surface area contributed by atoms with Crippen molar-refractivity contribution in [2.75, 3.05) is 14.2 Å². The van der Waals surface area contributed by atoms with E-state index in [2.05, 4.69) is 5.32 Å². The molecule has 0 heterocycles. The van der Waals surface area contributed by atoms with Gasteiger partial charge in [0.15, 0.2) is 0 Å². The van der Waals surface area contributed by atoms with Crippen LogP contribution in [-0.2, 0) is 11.2 Å². The highest BCUT2D eigenvalue weighted by molar-refractivity contribution is 5.77. The molecule has 2 rings (SSSR count). The van der Waals surface area contributed by atoms with Crippen LogP contribution in [0.2, 0.25) is 0 Å². The van der Waals surface area contributed by atoms with Gasteiger partial charge in [-0.1, -0.05) is 18.2 Å². The average molecular weight is 331 g/mol. The Morgan fingerprint density at radius 3 is 2.21 bits per heavy atom. The average Bonchev–Trinajstić information content (AvgIpc) is 2.59. The molecule has 0 fully saturated rings. The van der Waals surface area contributed by atoms with Crippen LogP contribution in [0.1, 0.15) is 30.5 Å². The van der Waals surface area contributed by atoms with E-state index in [-0.39, 0.29) is 17.8 Å². The summed E-state index contributed by atoms with van der Waals surface area (Å²) in [5, 5.41) is 2.92. The molecule has 0 saturated carbocycles. The number of rotatable bonds is 7. The summed E-state index contributed by atoms with van der Waals surface area (Å²) in [7, 11) is 3.18. The van der Waals surface area contributed by atoms with Crippen molar-refractivity contribution in [2.24, 2.45) is 0 Å². The van der Waals surface area contributed by atoms with E-state index in [0.29, 0.717) is 24.3 Å². The van der Waals surface area contributed by atoms with Crippen LogP contribution in [-0.4, -0.2) is 20.1 Å². The van der Waals surface area contributed by atoms with Gasteiger partial charge in [-0.05, 0) is 43.2 Å². The lowest BCUT2D eigenvalue weighted by molar-refractivity contribution is -0.121. The molecule has 4 nitrogen and oxygen atoms in total. The van der Waals surface area contributed by atoms with Gasteiger partial charge in [0.25, 0.3) is 0 Å². The summed E-state index contributed by atoms with van der Waals surface area (Å²) in [6.07, 6.45) is 0.817. The van der Waals surface area contributed by atoms with Crippen molar-refractivity contribution in [2.45, 2.75) is 25.8 Å². The van der Waals surface area contributed by atoms with Crippen molar-refractivity contribution < 1.29 is 18.7 Å². The van der Waals surface area contributed by atoms with Gasteiger partial charge in [0, 0.05) is 12.0 Å². The molecule has 2 aromatic carbocycles. The zero-order valence-corrected chi connectivity index (χ0v) is 14.1. The van der Waals surface area contributed by atoms with E-state index in [1.54, 1.807) is 26.4 Å². The van der Waals surface area contributed by atoms with Gasteiger partial charge in [0.1, 0.15) is 17.3 Å². The van der Waals surface area contributed by atoms with Gasteiger partial charge in [-0.3, -0.25) is 4.79 Å². The van der Waals surface area contributed by atoms with E-state index in [0.717, 1.165) is 11.1 Å². The largest absolute Gasteiger partial charge is 0.496 e. The fourth-order valence-corrected chi connectivity index (χ4v) is 2.56.